The van der Waals surface area contributed by atoms with E-state index in [9.17, 15) is 19.1 Å². The molecule has 42 heavy (non-hydrogen) atoms. The quantitative estimate of drug-likeness (QED) is 0.267. The Morgan fingerprint density at radius 3 is 2.31 bits per heavy atom. The molecule has 2 aromatic heterocycles. The number of nitrogens with one attached hydrogen (secondary N) is 2. The smallest absolute Gasteiger partial charge is 0.272 e. The molecule has 218 valence electrons. The number of carbonyl (C=O) groups excluding carboxylic acids is 2. The molecule has 1 saturated carbocycles. The van der Waals surface area contributed by atoms with Gasteiger partial charge in [-0.2, -0.15) is 5.10 Å². The zero-order chi connectivity index (χ0) is 29.6. The highest BCUT2D eigenvalue weighted by atomic mass is 19.1. The fourth-order valence-electron chi connectivity index (χ4n) is 5.13. The molecule has 2 aromatic carbocycles. The molecule has 0 unspecified atom stereocenters. The summed E-state index contributed by atoms with van der Waals surface area (Å²) >= 11 is 0. The van der Waals surface area contributed by atoms with Crippen LogP contribution >= 0.6 is 0 Å². The van der Waals surface area contributed by atoms with Gasteiger partial charge in [-0.1, -0.05) is 36.4 Å². The van der Waals surface area contributed by atoms with Crippen molar-refractivity contribution in [2.75, 3.05) is 6.61 Å². The minimum atomic E-state index is -0.641. The number of hydrogen-bond acceptors (Lipinski definition) is 6. The van der Waals surface area contributed by atoms with E-state index in [1.807, 2.05) is 49.4 Å². The highest BCUT2D eigenvalue weighted by Gasteiger charge is 2.26. The van der Waals surface area contributed by atoms with Gasteiger partial charge in [0.15, 0.2) is 0 Å². The van der Waals surface area contributed by atoms with Gasteiger partial charge in [-0.15, -0.1) is 0 Å². The van der Waals surface area contributed by atoms with Crippen LogP contribution < -0.4 is 15.4 Å². The maximum absolute atomic E-state index is 14.2. The molecule has 2 amide bonds. The maximum atomic E-state index is 14.2. The lowest BCUT2D eigenvalue weighted by molar-refractivity contribution is 0.0887. The number of aromatic nitrogens is 3. The van der Waals surface area contributed by atoms with Crippen LogP contribution in [-0.4, -0.2) is 50.4 Å². The van der Waals surface area contributed by atoms with Crippen molar-refractivity contribution in [1.29, 1.82) is 0 Å². The first-order chi connectivity index (χ1) is 20.3. The van der Waals surface area contributed by atoms with Gasteiger partial charge in [-0.25, -0.2) is 9.37 Å². The number of hydrogen-bond donors (Lipinski definition) is 3. The third-order valence-corrected chi connectivity index (χ3v) is 7.52. The zero-order valence-corrected chi connectivity index (χ0v) is 23.6. The summed E-state index contributed by atoms with van der Waals surface area (Å²) < 4.78 is 21.8. The summed E-state index contributed by atoms with van der Waals surface area (Å²) in [6.07, 6.45) is 4.29. The van der Waals surface area contributed by atoms with Gasteiger partial charge in [0.05, 0.1) is 6.20 Å². The lowest BCUT2D eigenvalue weighted by atomic mass is 9.91. The monoisotopic (exact) mass is 571 g/mol. The van der Waals surface area contributed by atoms with E-state index in [0.29, 0.717) is 43.5 Å². The first kappa shape index (κ1) is 28.9. The first-order valence-electron chi connectivity index (χ1n) is 14.0. The van der Waals surface area contributed by atoms with E-state index in [1.165, 1.54) is 0 Å². The SMILES string of the molecule is Cc1cc(C(=O)N[C@H]2CC[C@H](NC(=O)c3cc(F)cnc3Oc3cccc(-c4cccc(CCO)c4)c3)CC2)nn1C. The molecule has 3 N–H and O–H groups in total. The van der Waals surface area contributed by atoms with Crippen molar-refractivity contribution in [2.45, 2.75) is 51.1 Å². The number of nitrogens with zero attached hydrogens (tertiary/aromatic N) is 3. The van der Waals surface area contributed by atoms with Gasteiger partial charge in [0, 0.05) is 31.4 Å². The van der Waals surface area contributed by atoms with Gasteiger partial charge in [-0.05, 0) is 80.0 Å². The lowest BCUT2D eigenvalue weighted by Gasteiger charge is -2.29. The highest BCUT2D eigenvalue weighted by molar-refractivity contribution is 5.96. The van der Waals surface area contributed by atoms with Crippen molar-refractivity contribution in [3.05, 3.63) is 95.2 Å². The van der Waals surface area contributed by atoms with Crippen LogP contribution in [0.15, 0.2) is 66.9 Å². The van der Waals surface area contributed by atoms with Crippen LogP contribution in [0.5, 0.6) is 11.6 Å². The average Bonchev–Trinajstić information content (AvgIpc) is 3.33. The minimum absolute atomic E-state index is 0.00583. The maximum Gasteiger partial charge on any atom is 0.272 e. The summed E-state index contributed by atoms with van der Waals surface area (Å²) in [6.45, 7) is 1.96. The van der Waals surface area contributed by atoms with Crippen molar-refractivity contribution >= 4 is 11.8 Å². The van der Waals surface area contributed by atoms with E-state index >= 15 is 0 Å². The van der Waals surface area contributed by atoms with E-state index in [0.717, 1.165) is 34.6 Å². The molecular weight excluding hydrogens is 537 g/mol. The molecule has 2 heterocycles. The van der Waals surface area contributed by atoms with Crippen molar-refractivity contribution in [3.8, 4) is 22.8 Å². The largest absolute Gasteiger partial charge is 0.438 e. The Kier molecular flexibility index (Phi) is 8.92. The number of pyridine rings is 1. The number of ether oxygens (including phenoxy) is 1. The topological polar surface area (TPSA) is 118 Å². The molecule has 0 radical (unpaired) electrons. The molecule has 0 spiro atoms. The van der Waals surface area contributed by atoms with Crippen LogP contribution in [0.3, 0.4) is 0 Å². The second-order valence-corrected chi connectivity index (χ2v) is 10.6. The number of aryl methyl sites for hydroxylation is 2. The predicted molar refractivity (Wildman–Crippen MR) is 156 cm³/mol. The van der Waals surface area contributed by atoms with Crippen LogP contribution in [0, 0.1) is 12.7 Å². The Morgan fingerprint density at radius 2 is 1.64 bits per heavy atom. The number of aliphatic hydroxyl groups excluding tert-OH is 1. The molecule has 0 aliphatic heterocycles. The second kappa shape index (κ2) is 12.9. The summed E-state index contributed by atoms with van der Waals surface area (Å²) in [5.41, 5.74) is 4.16. The molecular formula is C32H34FN5O4. The molecule has 0 bridgehead atoms. The molecule has 1 fully saturated rings. The number of rotatable bonds is 9. The Hall–Kier alpha value is -4.57. The molecule has 0 atom stereocenters. The number of amides is 2. The third kappa shape index (κ3) is 7.01. The normalized spacial score (nSPS) is 16.6. The van der Waals surface area contributed by atoms with Gasteiger partial charge >= 0.3 is 0 Å². The summed E-state index contributed by atoms with van der Waals surface area (Å²) in [4.78, 5) is 29.9. The highest BCUT2D eigenvalue weighted by Crippen LogP contribution is 2.29. The summed E-state index contributed by atoms with van der Waals surface area (Å²) in [5, 5.41) is 19.5. The summed E-state index contributed by atoms with van der Waals surface area (Å²) in [7, 11) is 1.79. The number of aliphatic hydroxyl groups is 1. The van der Waals surface area contributed by atoms with E-state index in [2.05, 4.69) is 20.7 Å². The average molecular weight is 572 g/mol. The first-order valence-corrected chi connectivity index (χ1v) is 14.0. The standard InChI is InChI=1S/C32H34FN5O4/c1-20-15-29(37-38(20)2)31(41)36-26-11-9-25(10-12-26)35-30(40)28-18-24(33)19-34-32(28)42-27-8-4-7-23(17-27)22-6-3-5-21(16-22)13-14-39/h3-8,15-19,25-26,39H,9-14H2,1-2H3,(H,35,40)(H,36,41)/t25-,26-. The molecule has 10 heteroatoms. The Bertz CT molecular complexity index is 1560. The van der Waals surface area contributed by atoms with E-state index in [-0.39, 0.29) is 36.0 Å². The fourth-order valence-corrected chi connectivity index (χ4v) is 5.13. The molecule has 0 saturated heterocycles. The van der Waals surface area contributed by atoms with Crippen LogP contribution in [-0.2, 0) is 13.5 Å². The number of halogens is 1. The van der Waals surface area contributed by atoms with Gasteiger partial charge < -0.3 is 20.5 Å². The molecule has 4 aromatic rings. The van der Waals surface area contributed by atoms with Crippen LogP contribution in [0.4, 0.5) is 4.39 Å². The number of benzene rings is 2. The lowest BCUT2D eigenvalue weighted by Crippen LogP contribution is -2.44. The summed E-state index contributed by atoms with van der Waals surface area (Å²) in [6, 6.07) is 17.9. The Morgan fingerprint density at radius 1 is 0.976 bits per heavy atom. The Balaban J connectivity index is 1.22. The molecule has 5 rings (SSSR count). The second-order valence-electron chi connectivity index (χ2n) is 10.6. The zero-order valence-electron chi connectivity index (χ0n) is 23.6. The van der Waals surface area contributed by atoms with Crippen LogP contribution in [0.25, 0.3) is 11.1 Å². The van der Waals surface area contributed by atoms with Gasteiger partial charge in [0.1, 0.15) is 22.8 Å². The minimum Gasteiger partial charge on any atom is -0.438 e. The molecule has 1 aliphatic carbocycles. The van der Waals surface area contributed by atoms with Crippen molar-refractivity contribution < 1.29 is 23.8 Å². The van der Waals surface area contributed by atoms with E-state index in [4.69, 9.17) is 4.74 Å². The van der Waals surface area contributed by atoms with Gasteiger partial charge in [0.25, 0.3) is 11.8 Å². The van der Waals surface area contributed by atoms with Crippen LogP contribution in [0.1, 0.15) is 57.8 Å². The van der Waals surface area contributed by atoms with Gasteiger partial charge in [-0.3, -0.25) is 14.3 Å². The van der Waals surface area contributed by atoms with Crippen molar-refractivity contribution in [3.63, 3.8) is 0 Å². The molecule has 1 aliphatic rings. The fraction of sp³-hybridized carbons (Fsp3) is 0.312. The number of carbonyl (C=O) groups is 2. The molecule has 9 nitrogen and oxygen atoms in total. The van der Waals surface area contributed by atoms with Crippen LogP contribution in [0.2, 0.25) is 0 Å². The van der Waals surface area contributed by atoms with Gasteiger partial charge in [0.2, 0.25) is 5.88 Å². The van der Waals surface area contributed by atoms with E-state index in [1.54, 1.807) is 23.9 Å². The third-order valence-electron chi connectivity index (χ3n) is 7.52. The predicted octanol–water partition coefficient (Wildman–Crippen LogP) is 4.73. The van der Waals surface area contributed by atoms with Crippen molar-refractivity contribution in [2.24, 2.45) is 7.05 Å². The van der Waals surface area contributed by atoms with Crippen molar-refractivity contribution in [1.82, 2.24) is 25.4 Å². The Labute approximate surface area is 243 Å². The van der Waals surface area contributed by atoms with E-state index < -0.39 is 11.7 Å². The summed E-state index contributed by atoms with van der Waals surface area (Å²) in [5.74, 6) is -0.862.